The van der Waals surface area contributed by atoms with Gasteiger partial charge in [0, 0.05) is 12.1 Å². The maximum absolute atomic E-state index is 12.6. The van der Waals surface area contributed by atoms with Crippen LogP contribution in [0.3, 0.4) is 0 Å². The smallest absolute Gasteiger partial charge is 0.257 e. The van der Waals surface area contributed by atoms with E-state index in [1.807, 2.05) is 36.4 Å². The molecule has 2 heterocycles. The molecular weight excluding hydrogens is 432 g/mol. The number of ether oxygens (including phenoxy) is 1. The third kappa shape index (κ3) is 5.23. The summed E-state index contributed by atoms with van der Waals surface area (Å²) in [5.74, 6) is 0.407. The summed E-state index contributed by atoms with van der Waals surface area (Å²) in [6, 6.07) is 11.6. The van der Waals surface area contributed by atoms with Crippen molar-refractivity contribution in [2.45, 2.75) is 45.8 Å². The number of carbonyl (C=O) groups is 1. The summed E-state index contributed by atoms with van der Waals surface area (Å²) in [4.78, 5) is 12.6. The van der Waals surface area contributed by atoms with Crippen molar-refractivity contribution in [2.24, 2.45) is 0 Å². The third-order valence-electron chi connectivity index (χ3n) is 5.19. The van der Waals surface area contributed by atoms with Gasteiger partial charge in [-0.25, -0.2) is 0 Å². The Kier molecular flexibility index (Phi) is 6.27. The van der Waals surface area contributed by atoms with Crippen molar-refractivity contribution in [3.8, 4) is 5.75 Å². The fraction of sp³-hybridized carbons (Fsp3) is 0.348. The molecule has 0 spiro atoms. The predicted molar refractivity (Wildman–Crippen MR) is 124 cm³/mol. The van der Waals surface area contributed by atoms with E-state index in [-0.39, 0.29) is 17.9 Å². The van der Waals surface area contributed by atoms with Crippen LogP contribution in [0.25, 0.3) is 0 Å². The predicted octanol–water partition coefficient (Wildman–Crippen LogP) is 4.97. The van der Waals surface area contributed by atoms with Gasteiger partial charge in [-0.2, -0.15) is 0 Å². The zero-order valence-corrected chi connectivity index (χ0v) is 19.4. The van der Waals surface area contributed by atoms with E-state index in [9.17, 15) is 4.79 Å². The average Bonchev–Trinajstić information content (AvgIpc) is 3.19. The molecule has 31 heavy (non-hydrogen) atoms. The second-order valence-electron chi connectivity index (χ2n) is 8.55. The summed E-state index contributed by atoms with van der Waals surface area (Å²) in [7, 11) is 0. The minimum Gasteiger partial charge on any atom is -0.485 e. The molecule has 1 aliphatic heterocycles. The van der Waals surface area contributed by atoms with Crippen molar-refractivity contribution in [2.75, 3.05) is 11.9 Å². The van der Waals surface area contributed by atoms with Crippen LogP contribution in [0.1, 0.15) is 52.8 Å². The Balaban J connectivity index is 1.37. The lowest BCUT2D eigenvalue weighted by Crippen LogP contribution is -2.24. The molecule has 2 aromatic carbocycles. The summed E-state index contributed by atoms with van der Waals surface area (Å²) in [5.41, 5.74) is 4.24. The van der Waals surface area contributed by atoms with Crippen molar-refractivity contribution in [3.05, 3.63) is 68.7 Å². The first-order valence-corrected chi connectivity index (χ1v) is 11.4. The van der Waals surface area contributed by atoms with Crippen LogP contribution >= 0.6 is 22.9 Å². The summed E-state index contributed by atoms with van der Waals surface area (Å²) in [6.07, 6.45) is 0.927. The van der Waals surface area contributed by atoms with Gasteiger partial charge < -0.3 is 10.1 Å². The first-order valence-electron chi connectivity index (χ1n) is 10.2. The van der Waals surface area contributed by atoms with Gasteiger partial charge in [0.05, 0.1) is 5.02 Å². The molecule has 4 rings (SSSR count). The van der Waals surface area contributed by atoms with E-state index >= 15 is 0 Å². The van der Waals surface area contributed by atoms with Crippen molar-refractivity contribution < 1.29 is 9.53 Å². The number of aromatic nitrogens is 2. The third-order valence-corrected chi connectivity index (χ3v) is 6.30. The van der Waals surface area contributed by atoms with Crippen molar-refractivity contribution in [1.82, 2.24) is 15.5 Å². The molecule has 2 N–H and O–H groups in total. The lowest BCUT2D eigenvalue weighted by atomic mass is 9.87. The van der Waals surface area contributed by atoms with Gasteiger partial charge in [-0.15, -0.1) is 10.2 Å². The molecule has 1 aliphatic rings. The number of hydrogen-bond donors (Lipinski definition) is 2. The van der Waals surface area contributed by atoms with Gasteiger partial charge in [-0.3, -0.25) is 10.1 Å². The van der Waals surface area contributed by atoms with Gasteiger partial charge in [0.15, 0.2) is 5.01 Å². The maximum Gasteiger partial charge on any atom is 0.257 e. The Morgan fingerprint density at radius 2 is 2.03 bits per heavy atom. The molecule has 162 valence electrons. The Hall–Kier alpha value is -2.48. The maximum atomic E-state index is 12.6. The highest BCUT2D eigenvalue weighted by atomic mass is 35.5. The monoisotopic (exact) mass is 456 g/mol. The van der Waals surface area contributed by atoms with Crippen LogP contribution in [-0.2, 0) is 25.0 Å². The number of benzene rings is 2. The molecule has 0 saturated heterocycles. The van der Waals surface area contributed by atoms with Crippen LogP contribution in [0.5, 0.6) is 5.75 Å². The molecule has 8 heteroatoms. The zero-order valence-electron chi connectivity index (χ0n) is 17.8. The van der Waals surface area contributed by atoms with E-state index in [1.165, 1.54) is 22.5 Å². The lowest BCUT2D eigenvalue weighted by molar-refractivity contribution is 0.102. The number of halogens is 1. The van der Waals surface area contributed by atoms with Gasteiger partial charge >= 0.3 is 0 Å². The van der Waals surface area contributed by atoms with Crippen molar-refractivity contribution in [3.63, 3.8) is 0 Å². The molecule has 0 unspecified atom stereocenters. The topological polar surface area (TPSA) is 76.1 Å². The fourth-order valence-corrected chi connectivity index (χ4v) is 4.26. The zero-order chi connectivity index (χ0) is 22.0. The SMILES string of the molecule is CC(C)(C)c1ccc(OCc2nnc(NC(=O)c3ccc4c(c3)CCNC4)s2)c(Cl)c1. The minimum absolute atomic E-state index is 0.0173. The molecule has 1 amide bonds. The number of fused-ring (bicyclic) bond motifs is 1. The van der Waals surface area contributed by atoms with Crippen LogP contribution in [-0.4, -0.2) is 22.6 Å². The molecule has 0 aliphatic carbocycles. The number of hydrogen-bond acceptors (Lipinski definition) is 6. The molecule has 0 atom stereocenters. The molecule has 0 bridgehead atoms. The summed E-state index contributed by atoms with van der Waals surface area (Å²) < 4.78 is 5.81. The van der Waals surface area contributed by atoms with Crippen LogP contribution in [0, 0.1) is 0 Å². The van der Waals surface area contributed by atoms with Crippen LogP contribution in [0.2, 0.25) is 5.02 Å². The van der Waals surface area contributed by atoms with Gasteiger partial charge in [-0.1, -0.05) is 55.8 Å². The van der Waals surface area contributed by atoms with Crippen LogP contribution < -0.4 is 15.4 Å². The van der Waals surface area contributed by atoms with Crippen molar-refractivity contribution in [1.29, 1.82) is 0 Å². The van der Waals surface area contributed by atoms with Gasteiger partial charge in [0.2, 0.25) is 5.13 Å². The molecular formula is C23H25ClN4O2S. The van der Waals surface area contributed by atoms with E-state index in [2.05, 4.69) is 41.6 Å². The number of anilines is 1. The normalized spacial score (nSPS) is 13.5. The number of carbonyl (C=O) groups excluding carboxylic acids is 1. The molecule has 6 nitrogen and oxygen atoms in total. The largest absolute Gasteiger partial charge is 0.485 e. The second-order valence-corrected chi connectivity index (χ2v) is 10.0. The number of rotatable bonds is 5. The van der Waals surface area contributed by atoms with Crippen molar-refractivity contribution >= 4 is 34.0 Å². The first-order chi connectivity index (χ1) is 14.8. The first kappa shape index (κ1) is 21.7. The van der Waals surface area contributed by atoms with E-state index in [1.54, 1.807) is 0 Å². The number of nitrogens with zero attached hydrogens (tertiary/aromatic N) is 2. The minimum atomic E-state index is -0.189. The molecule has 0 radical (unpaired) electrons. The molecule has 0 fully saturated rings. The fourth-order valence-electron chi connectivity index (χ4n) is 3.37. The van der Waals surface area contributed by atoms with E-state index in [4.69, 9.17) is 16.3 Å². The highest BCUT2D eigenvalue weighted by Crippen LogP contribution is 2.32. The summed E-state index contributed by atoms with van der Waals surface area (Å²) in [5, 5.41) is 16.0. The van der Waals surface area contributed by atoms with Crippen LogP contribution in [0.4, 0.5) is 5.13 Å². The molecule has 0 saturated carbocycles. The van der Waals surface area contributed by atoms with Gasteiger partial charge in [-0.05, 0) is 59.3 Å². The quantitative estimate of drug-likeness (QED) is 0.567. The highest BCUT2D eigenvalue weighted by molar-refractivity contribution is 7.15. The average molecular weight is 457 g/mol. The number of nitrogens with one attached hydrogen (secondary N) is 2. The van der Waals surface area contributed by atoms with Crippen LogP contribution in [0.15, 0.2) is 36.4 Å². The number of amides is 1. The Morgan fingerprint density at radius 3 is 2.81 bits per heavy atom. The van der Waals surface area contributed by atoms with E-state index in [0.29, 0.717) is 26.5 Å². The van der Waals surface area contributed by atoms with E-state index in [0.717, 1.165) is 25.1 Å². The molecule has 3 aromatic rings. The van der Waals surface area contributed by atoms with Gasteiger partial charge in [0.1, 0.15) is 12.4 Å². The second kappa shape index (κ2) is 8.94. The summed E-state index contributed by atoms with van der Waals surface area (Å²) in [6.45, 7) is 8.42. The van der Waals surface area contributed by atoms with Gasteiger partial charge in [0.25, 0.3) is 5.91 Å². The Morgan fingerprint density at radius 1 is 1.19 bits per heavy atom. The Labute approximate surface area is 191 Å². The van der Waals surface area contributed by atoms with E-state index < -0.39 is 0 Å². The highest BCUT2D eigenvalue weighted by Gasteiger charge is 2.17. The Bertz CT molecular complexity index is 1110. The lowest BCUT2D eigenvalue weighted by Gasteiger charge is -2.20. The standard InChI is InChI=1S/C23H25ClN4O2S/c1-23(2,3)17-6-7-19(18(24)11-17)30-13-20-27-28-22(31-20)26-21(29)15-4-5-16-12-25-9-8-14(16)10-15/h4-7,10-11,25H,8-9,12-13H2,1-3H3,(H,26,28,29). The summed E-state index contributed by atoms with van der Waals surface area (Å²) >= 11 is 7.66. The molecule has 1 aromatic heterocycles.